The molecule has 1 nitrogen and oxygen atoms in total. The highest BCUT2D eigenvalue weighted by Gasteiger charge is 2.22. The number of fused-ring (bicyclic) bond motifs is 1. The van der Waals surface area contributed by atoms with E-state index >= 15 is 0 Å². The Hall–Kier alpha value is -2.77. The maximum Gasteiger partial charge on any atom is 0.166 e. The first kappa shape index (κ1) is 22.4. The van der Waals surface area contributed by atoms with Gasteiger partial charge in [0.15, 0.2) is 11.6 Å². The third-order valence-electron chi connectivity index (χ3n) is 6.52. The average Bonchev–Trinajstić information content (AvgIpc) is 2.81. The van der Waals surface area contributed by atoms with E-state index < -0.39 is 11.6 Å². The van der Waals surface area contributed by atoms with Crippen LogP contribution < -0.4 is 0 Å². The number of ether oxygens (including phenoxy) is 1. The van der Waals surface area contributed by atoms with Gasteiger partial charge in [-0.3, -0.25) is 0 Å². The van der Waals surface area contributed by atoms with Gasteiger partial charge in [-0.15, -0.1) is 0 Å². The Balaban J connectivity index is 1.43. The predicted molar refractivity (Wildman–Crippen MR) is 122 cm³/mol. The van der Waals surface area contributed by atoms with Crippen molar-refractivity contribution >= 4 is 10.8 Å². The summed E-state index contributed by atoms with van der Waals surface area (Å²) in [5, 5.41) is 0.767. The molecule has 0 heterocycles. The van der Waals surface area contributed by atoms with Crippen molar-refractivity contribution in [3.8, 4) is 11.8 Å². The monoisotopic (exact) mass is 436 g/mol. The van der Waals surface area contributed by atoms with E-state index in [2.05, 4.69) is 11.8 Å². The minimum absolute atomic E-state index is 0.208. The number of benzene rings is 3. The molecular formula is C28H27F3O. The van der Waals surface area contributed by atoms with Crippen molar-refractivity contribution < 1.29 is 17.9 Å². The average molecular weight is 437 g/mol. The van der Waals surface area contributed by atoms with E-state index in [9.17, 15) is 13.2 Å². The second-order valence-electron chi connectivity index (χ2n) is 8.64. The zero-order chi connectivity index (χ0) is 22.5. The lowest BCUT2D eigenvalue weighted by molar-refractivity contribution is 0.180. The number of methoxy groups -OCH3 is 1. The predicted octanol–water partition coefficient (Wildman–Crippen LogP) is 7.36. The van der Waals surface area contributed by atoms with Gasteiger partial charge in [-0.2, -0.15) is 0 Å². The Bertz CT molecular complexity index is 1150. The van der Waals surface area contributed by atoms with E-state index in [0.29, 0.717) is 22.4 Å². The molecule has 0 spiro atoms. The summed E-state index contributed by atoms with van der Waals surface area (Å²) in [5.74, 6) is 4.92. The summed E-state index contributed by atoms with van der Waals surface area (Å²) in [7, 11) is 1.74. The summed E-state index contributed by atoms with van der Waals surface area (Å²) in [6.45, 7) is 0.822. The highest BCUT2D eigenvalue weighted by atomic mass is 19.2. The molecule has 4 rings (SSSR count). The first-order valence-corrected chi connectivity index (χ1v) is 11.2. The van der Waals surface area contributed by atoms with Gasteiger partial charge in [0.05, 0.1) is 5.56 Å². The van der Waals surface area contributed by atoms with Crippen LogP contribution in [0.25, 0.3) is 10.8 Å². The van der Waals surface area contributed by atoms with Gasteiger partial charge in [-0.05, 0) is 91.6 Å². The molecule has 0 amide bonds. The standard InChI is InChI=1S/C28H27F3O/c1-32-16-2-3-19-4-8-21(9-5-19)23-12-11-22(27(30)18-23)10-6-20-7-14-25-24(17-20)13-15-26(29)28(25)31/h7,11-15,17-19,21H,2-5,8-9,16H2,1H3. The Morgan fingerprint density at radius 2 is 1.69 bits per heavy atom. The lowest BCUT2D eigenvalue weighted by atomic mass is 9.77. The van der Waals surface area contributed by atoms with Crippen LogP contribution in [0.1, 0.15) is 61.1 Å². The largest absolute Gasteiger partial charge is 0.385 e. The van der Waals surface area contributed by atoms with Gasteiger partial charge in [0.25, 0.3) is 0 Å². The molecule has 4 heteroatoms. The van der Waals surface area contributed by atoms with Crippen LogP contribution in [0, 0.1) is 35.2 Å². The minimum Gasteiger partial charge on any atom is -0.385 e. The van der Waals surface area contributed by atoms with Crippen molar-refractivity contribution in [3.63, 3.8) is 0 Å². The van der Waals surface area contributed by atoms with Crippen LogP contribution in [-0.2, 0) is 4.74 Å². The minimum atomic E-state index is -0.877. The molecule has 32 heavy (non-hydrogen) atoms. The molecule has 0 radical (unpaired) electrons. The molecule has 1 saturated carbocycles. The van der Waals surface area contributed by atoms with Gasteiger partial charge in [0.1, 0.15) is 5.82 Å². The molecule has 0 saturated heterocycles. The topological polar surface area (TPSA) is 9.23 Å². The Kier molecular flexibility index (Phi) is 7.17. The van der Waals surface area contributed by atoms with Crippen LogP contribution in [0.15, 0.2) is 48.5 Å². The summed E-state index contributed by atoms with van der Waals surface area (Å²) in [6, 6.07) is 12.8. The number of halogens is 3. The zero-order valence-corrected chi connectivity index (χ0v) is 18.3. The van der Waals surface area contributed by atoms with Crippen molar-refractivity contribution in [2.75, 3.05) is 13.7 Å². The molecule has 0 aromatic heterocycles. The quantitative estimate of drug-likeness (QED) is 0.300. The smallest absolute Gasteiger partial charge is 0.166 e. The fourth-order valence-electron chi connectivity index (χ4n) is 4.67. The molecule has 0 bridgehead atoms. The molecule has 3 aromatic carbocycles. The van der Waals surface area contributed by atoms with Crippen LogP contribution in [-0.4, -0.2) is 13.7 Å². The molecule has 0 unspecified atom stereocenters. The van der Waals surface area contributed by atoms with Crippen molar-refractivity contribution in [3.05, 3.63) is 82.7 Å². The van der Waals surface area contributed by atoms with Gasteiger partial charge in [-0.1, -0.05) is 30.0 Å². The Morgan fingerprint density at radius 1 is 0.875 bits per heavy atom. The van der Waals surface area contributed by atoms with E-state index in [1.807, 2.05) is 6.07 Å². The van der Waals surface area contributed by atoms with Gasteiger partial charge in [-0.25, -0.2) is 13.2 Å². The molecule has 3 aromatic rings. The van der Waals surface area contributed by atoms with E-state index in [0.717, 1.165) is 43.4 Å². The van der Waals surface area contributed by atoms with Crippen molar-refractivity contribution in [1.29, 1.82) is 0 Å². The van der Waals surface area contributed by atoms with Crippen molar-refractivity contribution in [2.45, 2.75) is 44.4 Å². The van der Waals surface area contributed by atoms with Crippen LogP contribution in [0.3, 0.4) is 0 Å². The molecule has 1 fully saturated rings. The summed E-state index contributed by atoms with van der Waals surface area (Å²) >= 11 is 0. The second-order valence-corrected chi connectivity index (χ2v) is 8.64. The maximum absolute atomic E-state index is 14.7. The summed E-state index contributed by atoms with van der Waals surface area (Å²) < 4.78 is 47.1. The Labute approximate surface area is 187 Å². The fraction of sp³-hybridized carbons (Fsp3) is 0.357. The van der Waals surface area contributed by atoms with Gasteiger partial charge < -0.3 is 4.74 Å². The number of hydrogen-bond acceptors (Lipinski definition) is 1. The summed E-state index contributed by atoms with van der Waals surface area (Å²) in [4.78, 5) is 0. The van der Waals surface area contributed by atoms with Crippen LogP contribution in [0.5, 0.6) is 0 Å². The maximum atomic E-state index is 14.7. The molecule has 1 aliphatic carbocycles. The third kappa shape index (κ3) is 5.16. The van der Waals surface area contributed by atoms with Crippen LogP contribution >= 0.6 is 0 Å². The van der Waals surface area contributed by atoms with Gasteiger partial charge in [0.2, 0.25) is 0 Å². The summed E-state index contributed by atoms with van der Waals surface area (Å²) in [5.41, 5.74) is 2.01. The first-order valence-electron chi connectivity index (χ1n) is 11.2. The highest BCUT2D eigenvalue weighted by molar-refractivity contribution is 5.84. The van der Waals surface area contributed by atoms with Crippen LogP contribution in [0.4, 0.5) is 13.2 Å². The molecule has 0 aliphatic heterocycles. The van der Waals surface area contributed by atoms with Crippen molar-refractivity contribution in [1.82, 2.24) is 0 Å². The number of rotatable bonds is 5. The fourth-order valence-corrected chi connectivity index (χ4v) is 4.67. The lowest BCUT2D eigenvalue weighted by Crippen LogP contribution is -2.14. The molecular weight excluding hydrogens is 409 g/mol. The van der Waals surface area contributed by atoms with Crippen LogP contribution in [0.2, 0.25) is 0 Å². The van der Waals surface area contributed by atoms with Crippen molar-refractivity contribution in [2.24, 2.45) is 5.92 Å². The molecule has 1 aliphatic rings. The molecule has 0 N–H and O–H groups in total. The van der Waals surface area contributed by atoms with E-state index in [-0.39, 0.29) is 11.2 Å². The van der Waals surface area contributed by atoms with E-state index in [4.69, 9.17) is 4.74 Å². The van der Waals surface area contributed by atoms with E-state index in [1.54, 1.807) is 31.4 Å². The lowest BCUT2D eigenvalue weighted by Gasteiger charge is -2.29. The second kappa shape index (κ2) is 10.2. The normalized spacial score (nSPS) is 18.4. The zero-order valence-electron chi connectivity index (χ0n) is 18.3. The number of hydrogen-bond donors (Lipinski definition) is 0. The molecule has 0 atom stereocenters. The van der Waals surface area contributed by atoms with Gasteiger partial charge in [0, 0.05) is 24.7 Å². The first-order chi connectivity index (χ1) is 15.5. The highest BCUT2D eigenvalue weighted by Crippen LogP contribution is 2.37. The summed E-state index contributed by atoms with van der Waals surface area (Å²) in [6.07, 6.45) is 6.87. The third-order valence-corrected chi connectivity index (χ3v) is 6.52. The Morgan fingerprint density at radius 3 is 2.44 bits per heavy atom. The molecule has 166 valence electrons. The van der Waals surface area contributed by atoms with E-state index in [1.165, 1.54) is 31.4 Å². The van der Waals surface area contributed by atoms with Gasteiger partial charge >= 0.3 is 0 Å². The SMILES string of the molecule is COCCCC1CCC(c2ccc(C#Cc3ccc4c(F)c(F)ccc4c3)c(F)c2)CC1.